The van der Waals surface area contributed by atoms with Crippen LogP contribution in [0.1, 0.15) is 67.6 Å². The van der Waals surface area contributed by atoms with Gasteiger partial charge in [0.15, 0.2) is 0 Å². The van der Waals surface area contributed by atoms with Gasteiger partial charge in [0.1, 0.15) is 0 Å². The van der Waals surface area contributed by atoms with E-state index in [1.165, 1.54) is 22.4 Å². The van der Waals surface area contributed by atoms with Crippen LogP contribution in [0, 0.1) is 0 Å². The Kier molecular flexibility index (Phi) is 4.07. The average molecular weight is 280 g/mol. The smallest absolute Gasteiger partial charge is 0.0605 e. The monoisotopic (exact) mass is 280 g/mol. The molecule has 21 heavy (non-hydrogen) atoms. The molecule has 0 radical (unpaired) electrons. The van der Waals surface area contributed by atoms with E-state index in [-0.39, 0.29) is 0 Å². The lowest BCUT2D eigenvalue weighted by molar-refractivity contribution is 0.458. The molecule has 1 N–H and O–H groups in total. The molecule has 2 heteroatoms. The topological polar surface area (TPSA) is 24.9 Å². The van der Waals surface area contributed by atoms with E-state index in [0.717, 1.165) is 12.8 Å². The third-order valence-electron chi connectivity index (χ3n) is 4.51. The molecule has 0 bridgehead atoms. The van der Waals surface area contributed by atoms with Crippen molar-refractivity contribution < 1.29 is 0 Å². The van der Waals surface area contributed by atoms with Gasteiger partial charge in [-0.1, -0.05) is 44.2 Å². The van der Waals surface area contributed by atoms with Crippen LogP contribution in [0.15, 0.2) is 42.6 Å². The molecule has 1 aromatic carbocycles. The summed E-state index contributed by atoms with van der Waals surface area (Å²) in [6, 6.07) is 14.0. The lowest BCUT2D eigenvalue weighted by Gasteiger charge is -2.20. The van der Waals surface area contributed by atoms with Crippen molar-refractivity contribution in [2.24, 2.45) is 0 Å². The third kappa shape index (κ3) is 3.01. The van der Waals surface area contributed by atoms with E-state index in [4.69, 9.17) is 0 Å². The first-order valence-corrected chi connectivity index (χ1v) is 7.95. The van der Waals surface area contributed by atoms with Crippen molar-refractivity contribution in [3.05, 3.63) is 65.0 Å². The van der Waals surface area contributed by atoms with Gasteiger partial charge in [0.2, 0.25) is 0 Å². The molecule has 0 fully saturated rings. The number of nitrogens with one attached hydrogen (secondary N) is 1. The molecule has 110 valence electrons. The summed E-state index contributed by atoms with van der Waals surface area (Å²) in [7, 11) is 0. The van der Waals surface area contributed by atoms with Gasteiger partial charge in [0.05, 0.1) is 11.7 Å². The normalized spacial score (nSPS) is 18.8. The van der Waals surface area contributed by atoms with Crippen LogP contribution < -0.4 is 5.32 Å². The SMILES string of the molecule is CC(C)c1ccc(C(C)NC2CCc3cccnc32)cc1. The minimum absolute atomic E-state index is 0.351. The maximum absolute atomic E-state index is 4.56. The summed E-state index contributed by atoms with van der Waals surface area (Å²) in [5.74, 6) is 0.591. The highest BCUT2D eigenvalue weighted by Crippen LogP contribution is 2.31. The van der Waals surface area contributed by atoms with E-state index in [2.05, 4.69) is 61.4 Å². The van der Waals surface area contributed by atoms with Crippen molar-refractivity contribution in [2.45, 2.75) is 51.6 Å². The zero-order valence-electron chi connectivity index (χ0n) is 13.1. The number of hydrogen-bond donors (Lipinski definition) is 1. The molecule has 1 aliphatic carbocycles. The van der Waals surface area contributed by atoms with Crippen LogP contribution in [0.4, 0.5) is 0 Å². The molecule has 2 aromatic rings. The van der Waals surface area contributed by atoms with Crippen molar-refractivity contribution in [1.29, 1.82) is 0 Å². The first-order valence-electron chi connectivity index (χ1n) is 7.95. The fourth-order valence-corrected chi connectivity index (χ4v) is 3.14. The van der Waals surface area contributed by atoms with Crippen LogP contribution in [-0.2, 0) is 6.42 Å². The van der Waals surface area contributed by atoms with Crippen LogP contribution in [0.3, 0.4) is 0 Å². The number of pyridine rings is 1. The number of benzene rings is 1. The number of rotatable bonds is 4. The van der Waals surface area contributed by atoms with Gasteiger partial charge >= 0.3 is 0 Å². The molecule has 1 aromatic heterocycles. The van der Waals surface area contributed by atoms with E-state index in [9.17, 15) is 0 Å². The Morgan fingerprint density at radius 3 is 2.48 bits per heavy atom. The molecule has 2 nitrogen and oxygen atoms in total. The van der Waals surface area contributed by atoms with Gasteiger partial charge in [-0.3, -0.25) is 4.98 Å². The lowest BCUT2D eigenvalue weighted by Crippen LogP contribution is -2.23. The molecule has 2 unspecified atom stereocenters. The number of hydrogen-bond acceptors (Lipinski definition) is 2. The van der Waals surface area contributed by atoms with E-state index in [0.29, 0.717) is 18.0 Å². The Labute approximate surface area is 127 Å². The standard InChI is InChI=1S/C19H24N2/c1-13(2)15-6-8-16(9-7-15)14(3)21-18-11-10-17-5-4-12-20-19(17)18/h4-9,12-14,18,21H,10-11H2,1-3H3. The Hall–Kier alpha value is -1.67. The van der Waals surface area contributed by atoms with E-state index in [1.807, 2.05) is 12.3 Å². The highest BCUT2D eigenvalue weighted by atomic mass is 15.0. The second-order valence-electron chi connectivity index (χ2n) is 6.35. The minimum Gasteiger partial charge on any atom is -0.302 e. The van der Waals surface area contributed by atoms with Gasteiger partial charge in [-0.2, -0.15) is 0 Å². The van der Waals surface area contributed by atoms with Gasteiger partial charge in [-0.15, -0.1) is 0 Å². The van der Waals surface area contributed by atoms with E-state index >= 15 is 0 Å². The summed E-state index contributed by atoms with van der Waals surface area (Å²) in [4.78, 5) is 4.56. The third-order valence-corrected chi connectivity index (χ3v) is 4.51. The highest BCUT2D eigenvalue weighted by Gasteiger charge is 2.24. The molecule has 0 saturated heterocycles. The fraction of sp³-hybridized carbons (Fsp3) is 0.421. The lowest BCUT2D eigenvalue weighted by atomic mass is 9.99. The van der Waals surface area contributed by atoms with Gasteiger partial charge in [0.25, 0.3) is 0 Å². The molecule has 1 aliphatic rings. The van der Waals surface area contributed by atoms with Crippen LogP contribution in [0.5, 0.6) is 0 Å². The second kappa shape index (κ2) is 5.98. The van der Waals surface area contributed by atoms with Crippen molar-refractivity contribution in [1.82, 2.24) is 10.3 Å². The molecule has 3 rings (SSSR count). The predicted octanol–water partition coefficient (Wildman–Crippen LogP) is 4.54. The van der Waals surface area contributed by atoms with Gasteiger partial charge < -0.3 is 5.32 Å². The van der Waals surface area contributed by atoms with Gasteiger partial charge in [-0.05, 0) is 48.4 Å². The summed E-state index contributed by atoms with van der Waals surface area (Å²) >= 11 is 0. The van der Waals surface area contributed by atoms with Gasteiger partial charge in [-0.25, -0.2) is 0 Å². The first kappa shape index (κ1) is 14.3. The highest BCUT2D eigenvalue weighted by molar-refractivity contribution is 5.30. The summed E-state index contributed by atoms with van der Waals surface area (Å²) in [6.45, 7) is 6.71. The fourth-order valence-electron chi connectivity index (χ4n) is 3.14. The average Bonchev–Trinajstić information content (AvgIpc) is 2.91. The Balaban J connectivity index is 1.71. The Bertz CT molecular complexity index is 601. The van der Waals surface area contributed by atoms with Crippen LogP contribution in [0.2, 0.25) is 0 Å². The number of aromatic nitrogens is 1. The first-order chi connectivity index (χ1) is 10.1. The predicted molar refractivity (Wildman–Crippen MR) is 87.4 cm³/mol. The van der Waals surface area contributed by atoms with Crippen LogP contribution in [0.25, 0.3) is 0 Å². The number of aryl methyl sites for hydroxylation is 1. The quantitative estimate of drug-likeness (QED) is 0.889. The molecule has 1 heterocycles. The van der Waals surface area contributed by atoms with Gasteiger partial charge in [0, 0.05) is 12.2 Å². The zero-order valence-corrected chi connectivity index (χ0v) is 13.1. The molecule has 0 amide bonds. The van der Waals surface area contributed by atoms with Crippen LogP contribution in [-0.4, -0.2) is 4.98 Å². The van der Waals surface area contributed by atoms with E-state index < -0.39 is 0 Å². The maximum Gasteiger partial charge on any atom is 0.0605 e. The Morgan fingerprint density at radius 2 is 1.76 bits per heavy atom. The number of nitrogens with zero attached hydrogens (tertiary/aromatic N) is 1. The maximum atomic E-state index is 4.56. The minimum atomic E-state index is 0.351. The summed E-state index contributed by atoms with van der Waals surface area (Å²) in [5, 5.41) is 3.74. The van der Waals surface area contributed by atoms with Crippen LogP contribution >= 0.6 is 0 Å². The molecule has 0 aliphatic heterocycles. The van der Waals surface area contributed by atoms with Crippen molar-refractivity contribution >= 4 is 0 Å². The molecule has 0 spiro atoms. The van der Waals surface area contributed by atoms with Crippen molar-refractivity contribution in [3.63, 3.8) is 0 Å². The van der Waals surface area contributed by atoms with E-state index in [1.54, 1.807) is 0 Å². The largest absolute Gasteiger partial charge is 0.302 e. The second-order valence-corrected chi connectivity index (χ2v) is 6.35. The molecule has 0 saturated carbocycles. The summed E-state index contributed by atoms with van der Waals surface area (Å²) in [6.07, 6.45) is 4.20. The zero-order chi connectivity index (χ0) is 14.8. The number of fused-ring (bicyclic) bond motifs is 1. The van der Waals surface area contributed by atoms with Crippen molar-refractivity contribution in [3.8, 4) is 0 Å². The van der Waals surface area contributed by atoms with Crippen molar-refractivity contribution in [2.75, 3.05) is 0 Å². The molecular weight excluding hydrogens is 256 g/mol. The molecule has 2 atom stereocenters. The Morgan fingerprint density at radius 1 is 1.05 bits per heavy atom. The summed E-state index contributed by atoms with van der Waals surface area (Å²) < 4.78 is 0. The summed E-state index contributed by atoms with van der Waals surface area (Å²) in [5.41, 5.74) is 5.39. The molecular formula is C19H24N2.